The van der Waals surface area contributed by atoms with Gasteiger partial charge in [-0.25, -0.2) is 4.58 Å². The molecule has 0 aliphatic heterocycles. The van der Waals surface area contributed by atoms with Crippen molar-refractivity contribution in [2.24, 2.45) is 0 Å². The summed E-state index contributed by atoms with van der Waals surface area (Å²) in [6.45, 7) is 4.34. The molecule has 0 aliphatic carbocycles. The number of hydrogen-bond donors (Lipinski definition) is 2. The number of hydrogen-bond acceptors (Lipinski definition) is 2. The second-order valence-corrected chi connectivity index (χ2v) is 1.99. The van der Waals surface area contributed by atoms with Crippen LogP contribution in [0.1, 0.15) is 6.42 Å². The van der Waals surface area contributed by atoms with Crippen LogP contribution in [0, 0.1) is 0 Å². The Morgan fingerprint density at radius 1 is 1.50 bits per heavy atom. The van der Waals surface area contributed by atoms with Gasteiger partial charge in [-0.05, 0) is 0 Å². The molecule has 10 heavy (non-hydrogen) atoms. The molecule has 0 spiro atoms. The van der Waals surface area contributed by atoms with Crippen LogP contribution in [0.3, 0.4) is 0 Å². The molecule has 4 heteroatoms. The summed E-state index contributed by atoms with van der Waals surface area (Å²) in [5.74, 6) is -0.841. The lowest BCUT2D eigenvalue weighted by Gasteiger charge is -1.95. The van der Waals surface area contributed by atoms with Crippen LogP contribution in [0.4, 0.5) is 0 Å². The summed E-state index contributed by atoms with van der Waals surface area (Å²) in [5.41, 5.74) is 0. The largest absolute Gasteiger partial charge is 0.481 e. The van der Waals surface area contributed by atoms with Gasteiger partial charge in [-0.1, -0.05) is 0 Å². The molecule has 0 saturated heterocycles. The average Bonchev–Trinajstić information content (AvgIpc) is 1.85. The van der Waals surface area contributed by atoms with Crippen LogP contribution >= 0.6 is 0 Å². The van der Waals surface area contributed by atoms with Crippen LogP contribution in [-0.2, 0) is 4.79 Å². The average molecular weight is 146 g/mol. The summed E-state index contributed by atoms with van der Waals surface area (Å²) in [7, 11) is 0. The summed E-state index contributed by atoms with van der Waals surface area (Å²) in [6.07, 6.45) is 0.0729. The Bertz CT molecular complexity index is 133. The molecule has 0 bridgehead atoms. The summed E-state index contributed by atoms with van der Waals surface area (Å²) in [5, 5.41) is 16.6. The fraction of sp³-hybridized carbons (Fsp3) is 0.667. The van der Waals surface area contributed by atoms with E-state index in [0.29, 0.717) is 13.1 Å². The molecule has 0 fully saturated rings. The molecule has 0 rings (SSSR count). The van der Waals surface area contributed by atoms with Gasteiger partial charge in [-0.3, -0.25) is 4.79 Å². The molecule has 0 aliphatic rings. The predicted octanol–water partition coefficient (Wildman–Crippen LogP) is -0.834. The van der Waals surface area contributed by atoms with E-state index >= 15 is 0 Å². The molecule has 4 nitrogen and oxygen atoms in total. The lowest BCUT2D eigenvalue weighted by molar-refractivity contribution is -0.520. The van der Waals surface area contributed by atoms with Gasteiger partial charge in [-0.2, -0.15) is 0 Å². The van der Waals surface area contributed by atoms with Crippen molar-refractivity contribution in [3.63, 3.8) is 0 Å². The Morgan fingerprint density at radius 2 is 2.10 bits per heavy atom. The molecule has 0 aromatic rings. The van der Waals surface area contributed by atoms with E-state index in [1.807, 2.05) is 0 Å². The van der Waals surface area contributed by atoms with E-state index in [1.54, 1.807) is 0 Å². The van der Waals surface area contributed by atoms with Gasteiger partial charge >= 0.3 is 5.97 Å². The highest BCUT2D eigenvalue weighted by Gasteiger charge is 2.02. The Hall–Kier alpha value is -0.900. The van der Waals surface area contributed by atoms with E-state index in [0.717, 1.165) is 0 Å². The van der Waals surface area contributed by atoms with Crippen molar-refractivity contribution in [1.82, 2.24) is 0 Å². The molecule has 2 N–H and O–H groups in total. The summed E-state index contributed by atoms with van der Waals surface area (Å²) in [4.78, 5) is 9.99. The number of rotatable bonds is 5. The van der Waals surface area contributed by atoms with Crippen molar-refractivity contribution in [2.45, 2.75) is 6.42 Å². The van der Waals surface area contributed by atoms with Gasteiger partial charge in [-0.15, -0.1) is 0 Å². The number of carboxylic acids is 1. The highest BCUT2D eigenvalue weighted by Crippen LogP contribution is 1.80. The van der Waals surface area contributed by atoms with Crippen LogP contribution in [0.25, 0.3) is 0 Å². The Kier molecular flexibility index (Phi) is 4.49. The van der Waals surface area contributed by atoms with Crippen LogP contribution in [-0.4, -0.2) is 47.2 Å². The zero-order valence-corrected chi connectivity index (χ0v) is 5.79. The third-order valence-electron chi connectivity index (χ3n) is 1.06. The zero-order chi connectivity index (χ0) is 7.98. The highest BCUT2D eigenvalue weighted by atomic mass is 16.4. The third kappa shape index (κ3) is 5.24. The second-order valence-electron chi connectivity index (χ2n) is 1.99. The van der Waals surface area contributed by atoms with Crippen LogP contribution in [0.15, 0.2) is 0 Å². The minimum Gasteiger partial charge on any atom is -0.481 e. The monoisotopic (exact) mass is 146 g/mol. The number of nitrogens with zero attached hydrogens (tertiary/aromatic N) is 1. The fourth-order valence-corrected chi connectivity index (χ4v) is 0.507. The first kappa shape index (κ1) is 9.10. The number of aliphatic hydroxyl groups excluding tert-OH is 1. The van der Waals surface area contributed by atoms with Gasteiger partial charge in [0.2, 0.25) is 0 Å². The number of carbonyl (C=O) groups is 1. The summed E-state index contributed by atoms with van der Waals surface area (Å²) < 4.78 is 1.52. The molecule has 0 aromatic heterocycles. The van der Waals surface area contributed by atoms with Gasteiger partial charge in [0.25, 0.3) is 0 Å². The molecule has 0 saturated carbocycles. The first-order valence-electron chi connectivity index (χ1n) is 3.05. The van der Waals surface area contributed by atoms with Crippen molar-refractivity contribution < 1.29 is 19.6 Å². The quantitative estimate of drug-likeness (QED) is 0.393. The zero-order valence-electron chi connectivity index (χ0n) is 5.79. The topological polar surface area (TPSA) is 60.5 Å². The SMILES string of the molecule is C=[N+](CCO)CCC(=O)O. The molecule has 0 unspecified atom stereocenters. The first-order valence-corrected chi connectivity index (χ1v) is 3.05. The second kappa shape index (κ2) is 4.93. The lowest BCUT2D eigenvalue weighted by atomic mass is 10.4. The van der Waals surface area contributed by atoms with E-state index in [2.05, 4.69) is 6.72 Å². The van der Waals surface area contributed by atoms with Crippen molar-refractivity contribution in [3.05, 3.63) is 0 Å². The maximum absolute atomic E-state index is 9.99. The molecule has 0 radical (unpaired) electrons. The van der Waals surface area contributed by atoms with Crippen LogP contribution in [0.5, 0.6) is 0 Å². The number of aliphatic hydroxyl groups is 1. The number of aliphatic carboxylic acids is 1. The van der Waals surface area contributed by atoms with Gasteiger partial charge < -0.3 is 10.2 Å². The molecule has 58 valence electrons. The van der Waals surface area contributed by atoms with Crippen LogP contribution < -0.4 is 0 Å². The van der Waals surface area contributed by atoms with E-state index < -0.39 is 5.97 Å². The normalized spacial score (nSPS) is 9.30. The van der Waals surface area contributed by atoms with Gasteiger partial charge in [0.15, 0.2) is 13.1 Å². The minimum atomic E-state index is -0.841. The van der Waals surface area contributed by atoms with Crippen LogP contribution in [0.2, 0.25) is 0 Å². The van der Waals surface area contributed by atoms with Gasteiger partial charge in [0, 0.05) is 0 Å². The smallest absolute Gasteiger partial charge is 0.309 e. The predicted molar refractivity (Wildman–Crippen MR) is 36.5 cm³/mol. The molecule has 0 atom stereocenters. The Balaban J connectivity index is 3.30. The highest BCUT2D eigenvalue weighted by molar-refractivity contribution is 5.66. The van der Waals surface area contributed by atoms with Gasteiger partial charge in [0.1, 0.15) is 19.7 Å². The van der Waals surface area contributed by atoms with E-state index in [9.17, 15) is 4.79 Å². The van der Waals surface area contributed by atoms with E-state index in [4.69, 9.17) is 10.2 Å². The van der Waals surface area contributed by atoms with Gasteiger partial charge in [0.05, 0.1) is 0 Å². The van der Waals surface area contributed by atoms with Crippen molar-refractivity contribution in [3.8, 4) is 0 Å². The Labute approximate surface area is 59.4 Å². The maximum atomic E-state index is 9.99. The molecular weight excluding hydrogens is 134 g/mol. The molecule has 0 aromatic carbocycles. The van der Waals surface area contributed by atoms with Crippen molar-refractivity contribution in [2.75, 3.05) is 19.7 Å². The number of carboxylic acid groups (broad SMARTS) is 1. The first-order chi connectivity index (χ1) is 4.66. The Morgan fingerprint density at radius 3 is 2.50 bits per heavy atom. The molecular formula is C6H12NO3+. The van der Waals surface area contributed by atoms with E-state index in [1.165, 1.54) is 4.58 Å². The van der Waals surface area contributed by atoms with Crippen molar-refractivity contribution in [1.29, 1.82) is 0 Å². The third-order valence-corrected chi connectivity index (χ3v) is 1.06. The lowest BCUT2D eigenvalue weighted by Crippen LogP contribution is -2.17. The molecule has 0 amide bonds. The standard InChI is InChI=1S/C6H11NO3/c1-7(4-5-8)3-2-6(9)10/h8H,1-5H2/p+1. The summed E-state index contributed by atoms with van der Waals surface area (Å²) >= 11 is 0. The maximum Gasteiger partial charge on any atom is 0.309 e. The fourth-order valence-electron chi connectivity index (χ4n) is 0.507. The van der Waals surface area contributed by atoms with Crippen molar-refractivity contribution >= 4 is 12.7 Å². The minimum absolute atomic E-state index is 0.0170. The van der Waals surface area contributed by atoms with E-state index in [-0.39, 0.29) is 13.0 Å². The molecule has 0 heterocycles. The summed E-state index contributed by atoms with van der Waals surface area (Å²) in [6, 6.07) is 0.